The standard InChI is InChI=1S/C21H24ClN3OS/c1-14-6-7-16(12-15(14)2)20(26)24-21(27)23-17-8-9-19(18(22)13-17)25-10-4-3-5-11-25/h6-9,12-13H,3-5,10-11H2,1-2H3,(H2,23,24,26,27). The highest BCUT2D eigenvalue weighted by Crippen LogP contribution is 2.30. The number of thiocarbonyl (C=S) groups is 1. The second-order valence-electron chi connectivity index (χ2n) is 6.92. The second kappa shape index (κ2) is 8.72. The highest BCUT2D eigenvalue weighted by Gasteiger charge is 2.15. The van der Waals surface area contributed by atoms with Crippen LogP contribution in [0.2, 0.25) is 5.02 Å². The van der Waals surface area contributed by atoms with Crippen LogP contribution in [0.15, 0.2) is 36.4 Å². The molecule has 1 saturated heterocycles. The second-order valence-corrected chi connectivity index (χ2v) is 7.74. The van der Waals surface area contributed by atoms with Gasteiger partial charge in [-0.3, -0.25) is 10.1 Å². The van der Waals surface area contributed by atoms with Gasteiger partial charge >= 0.3 is 0 Å². The summed E-state index contributed by atoms with van der Waals surface area (Å²) in [6.45, 7) is 6.07. The Kier molecular flexibility index (Phi) is 6.34. The molecule has 27 heavy (non-hydrogen) atoms. The minimum Gasteiger partial charge on any atom is -0.370 e. The van der Waals surface area contributed by atoms with E-state index >= 15 is 0 Å². The van der Waals surface area contributed by atoms with Crippen molar-refractivity contribution in [2.45, 2.75) is 33.1 Å². The largest absolute Gasteiger partial charge is 0.370 e. The Balaban J connectivity index is 1.62. The SMILES string of the molecule is Cc1ccc(C(=O)NC(=S)Nc2ccc(N3CCCCC3)c(Cl)c2)cc1C. The van der Waals surface area contributed by atoms with Gasteiger partial charge in [-0.1, -0.05) is 17.7 Å². The summed E-state index contributed by atoms with van der Waals surface area (Å²) in [5, 5.41) is 6.69. The predicted molar refractivity (Wildman–Crippen MR) is 117 cm³/mol. The van der Waals surface area contributed by atoms with Crippen LogP contribution < -0.4 is 15.5 Å². The molecule has 0 saturated carbocycles. The van der Waals surface area contributed by atoms with E-state index in [0.29, 0.717) is 10.6 Å². The molecule has 0 aromatic heterocycles. The van der Waals surface area contributed by atoms with E-state index < -0.39 is 0 Å². The lowest BCUT2D eigenvalue weighted by Gasteiger charge is -2.29. The number of amides is 1. The first kappa shape index (κ1) is 19.6. The van der Waals surface area contributed by atoms with Gasteiger partial charge in [0.2, 0.25) is 0 Å². The summed E-state index contributed by atoms with van der Waals surface area (Å²) in [6.07, 6.45) is 3.68. The Labute approximate surface area is 170 Å². The molecule has 142 valence electrons. The monoisotopic (exact) mass is 401 g/mol. The van der Waals surface area contributed by atoms with Crippen molar-refractivity contribution in [2.24, 2.45) is 0 Å². The molecule has 4 nitrogen and oxygen atoms in total. The Morgan fingerprint density at radius 1 is 1.04 bits per heavy atom. The number of nitrogens with zero attached hydrogens (tertiary/aromatic N) is 1. The highest BCUT2D eigenvalue weighted by molar-refractivity contribution is 7.80. The summed E-state index contributed by atoms with van der Waals surface area (Å²) in [7, 11) is 0. The van der Waals surface area contributed by atoms with Gasteiger partial charge in [-0.2, -0.15) is 0 Å². The Bertz CT molecular complexity index is 863. The molecule has 1 aliphatic heterocycles. The van der Waals surface area contributed by atoms with Gasteiger partial charge in [0.15, 0.2) is 5.11 Å². The summed E-state index contributed by atoms with van der Waals surface area (Å²) in [4.78, 5) is 14.7. The van der Waals surface area contributed by atoms with Crippen LogP contribution in [0.5, 0.6) is 0 Å². The molecule has 2 N–H and O–H groups in total. The molecule has 1 amide bonds. The van der Waals surface area contributed by atoms with Gasteiger partial charge in [0, 0.05) is 24.3 Å². The van der Waals surface area contributed by atoms with Crippen LogP contribution in [0, 0.1) is 13.8 Å². The van der Waals surface area contributed by atoms with Crippen LogP contribution in [0.25, 0.3) is 0 Å². The molecule has 0 aliphatic carbocycles. The molecule has 0 atom stereocenters. The van der Waals surface area contributed by atoms with Crippen LogP contribution >= 0.6 is 23.8 Å². The van der Waals surface area contributed by atoms with Crippen molar-refractivity contribution in [3.05, 3.63) is 58.1 Å². The molecule has 6 heteroatoms. The number of nitrogens with one attached hydrogen (secondary N) is 2. The maximum absolute atomic E-state index is 12.4. The Morgan fingerprint density at radius 2 is 1.78 bits per heavy atom. The maximum atomic E-state index is 12.4. The van der Waals surface area contributed by atoms with E-state index in [1.807, 2.05) is 44.2 Å². The number of rotatable bonds is 3. The van der Waals surface area contributed by atoms with E-state index in [9.17, 15) is 4.79 Å². The first-order valence-electron chi connectivity index (χ1n) is 9.18. The van der Waals surface area contributed by atoms with E-state index in [1.165, 1.54) is 19.3 Å². The minimum absolute atomic E-state index is 0.230. The van der Waals surface area contributed by atoms with Crippen LogP contribution in [-0.4, -0.2) is 24.1 Å². The third-order valence-electron chi connectivity index (χ3n) is 4.90. The number of benzene rings is 2. The molecular weight excluding hydrogens is 378 g/mol. The maximum Gasteiger partial charge on any atom is 0.257 e. The van der Waals surface area contributed by atoms with Crippen molar-refractivity contribution in [1.82, 2.24) is 5.32 Å². The fraction of sp³-hybridized carbons (Fsp3) is 0.333. The average Bonchev–Trinajstić information content (AvgIpc) is 2.64. The fourth-order valence-electron chi connectivity index (χ4n) is 3.20. The van der Waals surface area contributed by atoms with Crippen LogP contribution in [0.3, 0.4) is 0 Å². The van der Waals surface area contributed by atoms with Crippen LogP contribution in [0.1, 0.15) is 40.7 Å². The Hall–Kier alpha value is -2.11. The third kappa shape index (κ3) is 4.99. The third-order valence-corrected chi connectivity index (χ3v) is 5.41. The van der Waals surface area contributed by atoms with Gasteiger partial charge in [0.25, 0.3) is 5.91 Å². The topological polar surface area (TPSA) is 44.4 Å². The first-order chi connectivity index (χ1) is 12.9. The van der Waals surface area contributed by atoms with Gasteiger partial charge in [-0.25, -0.2) is 0 Å². The van der Waals surface area contributed by atoms with E-state index in [4.69, 9.17) is 23.8 Å². The molecule has 2 aromatic carbocycles. The zero-order valence-electron chi connectivity index (χ0n) is 15.6. The summed E-state index contributed by atoms with van der Waals surface area (Å²) in [5.41, 5.74) is 4.61. The number of piperidine rings is 1. The molecule has 1 fully saturated rings. The van der Waals surface area contributed by atoms with E-state index in [0.717, 1.165) is 35.6 Å². The minimum atomic E-state index is -0.230. The van der Waals surface area contributed by atoms with Crippen molar-refractivity contribution in [2.75, 3.05) is 23.3 Å². The van der Waals surface area contributed by atoms with Gasteiger partial charge in [-0.05, 0) is 86.8 Å². The number of hydrogen-bond donors (Lipinski definition) is 2. The molecule has 3 rings (SSSR count). The zero-order valence-corrected chi connectivity index (χ0v) is 17.2. The highest BCUT2D eigenvalue weighted by atomic mass is 35.5. The summed E-state index contributed by atoms with van der Waals surface area (Å²) in [5.74, 6) is -0.230. The number of carbonyl (C=O) groups excluding carboxylic acids is 1. The molecule has 1 heterocycles. The molecule has 0 radical (unpaired) electrons. The normalized spacial score (nSPS) is 14.0. The summed E-state index contributed by atoms with van der Waals surface area (Å²) in [6, 6.07) is 11.4. The van der Waals surface area contributed by atoms with Crippen molar-refractivity contribution < 1.29 is 4.79 Å². The quantitative estimate of drug-likeness (QED) is 0.704. The lowest BCUT2D eigenvalue weighted by atomic mass is 10.1. The molecule has 0 bridgehead atoms. The molecule has 0 spiro atoms. The molecule has 1 aliphatic rings. The van der Waals surface area contributed by atoms with Gasteiger partial charge in [0.05, 0.1) is 10.7 Å². The number of halogens is 1. The molecule has 0 unspecified atom stereocenters. The van der Waals surface area contributed by atoms with Gasteiger partial charge < -0.3 is 10.2 Å². The number of hydrogen-bond acceptors (Lipinski definition) is 3. The van der Waals surface area contributed by atoms with Crippen LogP contribution in [0.4, 0.5) is 11.4 Å². The van der Waals surface area contributed by atoms with Crippen LogP contribution in [-0.2, 0) is 0 Å². The van der Waals surface area contributed by atoms with Gasteiger partial charge in [-0.15, -0.1) is 0 Å². The molecule has 2 aromatic rings. The van der Waals surface area contributed by atoms with E-state index in [1.54, 1.807) is 6.07 Å². The summed E-state index contributed by atoms with van der Waals surface area (Å²) >= 11 is 11.7. The molecular formula is C21H24ClN3OS. The number of anilines is 2. The lowest BCUT2D eigenvalue weighted by molar-refractivity contribution is 0.0977. The number of carbonyl (C=O) groups is 1. The predicted octanol–water partition coefficient (Wildman–Crippen LogP) is 5.07. The van der Waals surface area contributed by atoms with E-state index in [-0.39, 0.29) is 11.0 Å². The average molecular weight is 402 g/mol. The van der Waals surface area contributed by atoms with Gasteiger partial charge in [0.1, 0.15) is 0 Å². The Morgan fingerprint density at radius 3 is 2.44 bits per heavy atom. The summed E-state index contributed by atoms with van der Waals surface area (Å²) < 4.78 is 0. The van der Waals surface area contributed by atoms with Crippen molar-refractivity contribution in [1.29, 1.82) is 0 Å². The fourth-order valence-corrected chi connectivity index (χ4v) is 3.71. The first-order valence-corrected chi connectivity index (χ1v) is 9.97. The number of aryl methyl sites for hydroxylation is 2. The lowest BCUT2D eigenvalue weighted by Crippen LogP contribution is -2.34. The zero-order chi connectivity index (χ0) is 19.4. The van der Waals surface area contributed by atoms with Crippen molar-refractivity contribution in [3.8, 4) is 0 Å². The van der Waals surface area contributed by atoms with E-state index in [2.05, 4.69) is 15.5 Å². The smallest absolute Gasteiger partial charge is 0.257 e. The van der Waals surface area contributed by atoms with Crippen molar-refractivity contribution >= 4 is 46.2 Å². The van der Waals surface area contributed by atoms with Crippen molar-refractivity contribution in [3.63, 3.8) is 0 Å².